The van der Waals surface area contributed by atoms with Crippen LogP contribution in [0.15, 0.2) is 18.2 Å². The fraction of sp³-hybridized carbons (Fsp3) is 0.400. The molecule has 1 aromatic carbocycles. The normalized spacial score (nSPS) is 14.1. The van der Waals surface area contributed by atoms with Gasteiger partial charge < -0.3 is 15.2 Å². The van der Waals surface area contributed by atoms with Gasteiger partial charge in [-0.2, -0.15) is 0 Å². The van der Waals surface area contributed by atoms with Gasteiger partial charge in [0, 0.05) is 29.1 Å². The van der Waals surface area contributed by atoms with Gasteiger partial charge >= 0.3 is 0 Å². The quantitative estimate of drug-likeness (QED) is 0.899. The first-order chi connectivity index (χ1) is 9.01. The number of benzene rings is 1. The highest BCUT2D eigenvalue weighted by Gasteiger charge is 2.22. The highest BCUT2D eigenvalue weighted by atomic mass is 16.7. The lowest BCUT2D eigenvalue weighted by Gasteiger charge is -2.22. The second kappa shape index (κ2) is 4.10. The van der Waals surface area contributed by atoms with E-state index >= 15 is 0 Å². The highest BCUT2D eigenvalue weighted by Crippen LogP contribution is 2.37. The van der Waals surface area contributed by atoms with E-state index in [9.17, 15) is 0 Å². The number of rotatable bonds is 2. The molecule has 0 saturated carbocycles. The lowest BCUT2D eigenvalue weighted by Crippen LogP contribution is -2.29. The summed E-state index contributed by atoms with van der Waals surface area (Å²) in [6, 6.07) is 6.05. The predicted molar refractivity (Wildman–Crippen MR) is 74.7 cm³/mol. The van der Waals surface area contributed by atoms with Crippen LogP contribution in [0, 0.1) is 6.92 Å². The molecule has 0 amide bonds. The third-order valence-electron chi connectivity index (χ3n) is 3.71. The van der Waals surface area contributed by atoms with Crippen molar-refractivity contribution in [2.45, 2.75) is 26.2 Å². The van der Waals surface area contributed by atoms with Crippen molar-refractivity contribution in [2.24, 2.45) is 5.73 Å². The van der Waals surface area contributed by atoms with E-state index in [1.54, 1.807) is 0 Å². The van der Waals surface area contributed by atoms with E-state index in [-0.39, 0.29) is 12.2 Å². The van der Waals surface area contributed by atoms with Crippen molar-refractivity contribution >= 4 is 10.9 Å². The standard InChI is InChI=1S/C15H18N2O2/c1-9-4-14(15(2,3)7-16)17-11-6-13-12(5-10(9)11)18-8-19-13/h4-6H,7-8,16H2,1-3H3. The maximum absolute atomic E-state index is 5.84. The topological polar surface area (TPSA) is 57.4 Å². The summed E-state index contributed by atoms with van der Waals surface area (Å²) in [5.41, 5.74) is 8.83. The van der Waals surface area contributed by atoms with Crippen LogP contribution in [0.2, 0.25) is 0 Å². The van der Waals surface area contributed by atoms with Crippen LogP contribution in [0.3, 0.4) is 0 Å². The summed E-state index contributed by atoms with van der Waals surface area (Å²) in [5.74, 6) is 1.56. The van der Waals surface area contributed by atoms with E-state index in [1.165, 1.54) is 5.56 Å². The van der Waals surface area contributed by atoms with E-state index in [0.717, 1.165) is 28.1 Å². The minimum atomic E-state index is -0.130. The second-order valence-electron chi connectivity index (χ2n) is 5.64. The van der Waals surface area contributed by atoms with Crippen molar-refractivity contribution in [3.8, 4) is 11.5 Å². The van der Waals surface area contributed by atoms with Crippen LogP contribution in [-0.4, -0.2) is 18.3 Å². The molecule has 0 fully saturated rings. The summed E-state index contributed by atoms with van der Waals surface area (Å²) in [5, 5.41) is 1.10. The molecule has 2 N–H and O–H groups in total. The number of fused-ring (bicyclic) bond motifs is 2. The minimum Gasteiger partial charge on any atom is -0.454 e. The number of pyridine rings is 1. The van der Waals surface area contributed by atoms with Gasteiger partial charge in [-0.15, -0.1) is 0 Å². The van der Waals surface area contributed by atoms with Crippen LogP contribution in [0.4, 0.5) is 0 Å². The summed E-state index contributed by atoms with van der Waals surface area (Å²) in [6.07, 6.45) is 0. The van der Waals surface area contributed by atoms with Crippen LogP contribution >= 0.6 is 0 Å². The summed E-state index contributed by atoms with van der Waals surface area (Å²) >= 11 is 0. The Morgan fingerprint density at radius 1 is 1.21 bits per heavy atom. The number of aromatic nitrogens is 1. The molecule has 0 aliphatic carbocycles. The van der Waals surface area contributed by atoms with Crippen LogP contribution in [0.1, 0.15) is 25.1 Å². The Kier molecular flexibility index (Phi) is 2.64. The number of nitrogens with two attached hydrogens (primary N) is 1. The monoisotopic (exact) mass is 258 g/mol. The lowest BCUT2D eigenvalue weighted by atomic mass is 9.87. The summed E-state index contributed by atoms with van der Waals surface area (Å²) in [7, 11) is 0. The first-order valence-corrected chi connectivity index (χ1v) is 6.43. The molecular formula is C15H18N2O2. The predicted octanol–water partition coefficient (Wildman–Crippen LogP) is 2.51. The number of nitrogens with zero attached hydrogens (tertiary/aromatic N) is 1. The maximum Gasteiger partial charge on any atom is 0.231 e. The van der Waals surface area contributed by atoms with E-state index in [4.69, 9.17) is 20.2 Å². The molecule has 3 rings (SSSR count). The third-order valence-corrected chi connectivity index (χ3v) is 3.71. The second-order valence-corrected chi connectivity index (χ2v) is 5.64. The molecule has 2 heterocycles. The Hall–Kier alpha value is -1.81. The summed E-state index contributed by atoms with van der Waals surface area (Å²) in [4.78, 5) is 4.74. The van der Waals surface area contributed by atoms with E-state index in [0.29, 0.717) is 6.54 Å². The van der Waals surface area contributed by atoms with Gasteiger partial charge in [-0.1, -0.05) is 13.8 Å². The zero-order chi connectivity index (χ0) is 13.6. The van der Waals surface area contributed by atoms with Crippen LogP contribution in [-0.2, 0) is 5.41 Å². The van der Waals surface area contributed by atoms with Crippen LogP contribution in [0.25, 0.3) is 10.9 Å². The Balaban J connectivity index is 2.23. The van der Waals surface area contributed by atoms with E-state index < -0.39 is 0 Å². The van der Waals surface area contributed by atoms with E-state index in [2.05, 4.69) is 26.8 Å². The average molecular weight is 258 g/mol. The SMILES string of the molecule is Cc1cc(C(C)(C)CN)nc2cc3c(cc12)OCO3. The molecular weight excluding hydrogens is 240 g/mol. The lowest BCUT2D eigenvalue weighted by molar-refractivity contribution is 0.174. The summed E-state index contributed by atoms with van der Waals surface area (Å²) in [6.45, 7) is 7.14. The zero-order valence-electron chi connectivity index (χ0n) is 11.5. The third kappa shape index (κ3) is 1.92. The summed E-state index contributed by atoms with van der Waals surface area (Å²) < 4.78 is 10.8. The number of hydrogen-bond donors (Lipinski definition) is 1. The highest BCUT2D eigenvalue weighted by molar-refractivity contribution is 5.86. The number of ether oxygens (including phenoxy) is 2. The van der Waals surface area contributed by atoms with E-state index in [1.807, 2.05) is 12.1 Å². The molecule has 0 unspecified atom stereocenters. The fourth-order valence-electron chi connectivity index (χ4n) is 2.24. The Morgan fingerprint density at radius 3 is 2.58 bits per heavy atom. The van der Waals surface area contributed by atoms with Gasteiger partial charge in [0.2, 0.25) is 6.79 Å². The van der Waals surface area contributed by atoms with Gasteiger partial charge in [-0.3, -0.25) is 4.98 Å². The van der Waals surface area contributed by atoms with Crippen LogP contribution < -0.4 is 15.2 Å². The van der Waals surface area contributed by atoms with Crippen molar-refractivity contribution in [3.05, 3.63) is 29.5 Å². The van der Waals surface area contributed by atoms with Gasteiger partial charge in [0.1, 0.15) is 0 Å². The molecule has 100 valence electrons. The fourth-order valence-corrected chi connectivity index (χ4v) is 2.24. The van der Waals surface area contributed by atoms with Gasteiger partial charge in [0.25, 0.3) is 0 Å². The maximum atomic E-state index is 5.84. The zero-order valence-corrected chi connectivity index (χ0v) is 11.5. The van der Waals surface area contributed by atoms with Crippen molar-refractivity contribution in [1.82, 2.24) is 4.98 Å². The largest absolute Gasteiger partial charge is 0.454 e. The van der Waals surface area contributed by atoms with Crippen LogP contribution in [0.5, 0.6) is 11.5 Å². The van der Waals surface area contributed by atoms with Crippen molar-refractivity contribution in [2.75, 3.05) is 13.3 Å². The van der Waals surface area contributed by atoms with Gasteiger partial charge in [-0.25, -0.2) is 0 Å². The van der Waals surface area contributed by atoms with Crippen molar-refractivity contribution in [3.63, 3.8) is 0 Å². The number of aryl methyl sites for hydroxylation is 1. The molecule has 0 saturated heterocycles. The van der Waals surface area contributed by atoms with Gasteiger partial charge in [0.15, 0.2) is 11.5 Å². The van der Waals surface area contributed by atoms with Crippen molar-refractivity contribution in [1.29, 1.82) is 0 Å². The van der Waals surface area contributed by atoms with Gasteiger partial charge in [-0.05, 0) is 24.6 Å². The molecule has 4 nitrogen and oxygen atoms in total. The molecule has 0 radical (unpaired) electrons. The first-order valence-electron chi connectivity index (χ1n) is 6.43. The molecule has 0 atom stereocenters. The first kappa shape index (κ1) is 12.2. The van der Waals surface area contributed by atoms with Gasteiger partial charge in [0.05, 0.1) is 5.52 Å². The molecule has 0 bridgehead atoms. The average Bonchev–Trinajstić information content (AvgIpc) is 2.83. The molecule has 1 aliphatic heterocycles. The molecule has 4 heteroatoms. The Bertz CT molecular complexity index is 650. The molecule has 0 spiro atoms. The molecule has 19 heavy (non-hydrogen) atoms. The molecule has 2 aromatic rings. The Labute approximate surface area is 112 Å². The van der Waals surface area contributed by atoms with Crippen molar-refractivity contribution < 1.29 is 9.47 Å². The molecule has 1 aromatic heterocycles. The smallest absolute Gasteiger partial charge is 0.231 e. The minimum absolute atomic E-state index is 0.130. The Morgan fingerprint density at radius 2 is 1.89 bits per heavy atom. The molecule has 1 aliphatic rings. The number of hydrogen-bond acceptors (Lipinski definition) is 4.